The fourth-order valence-corrected chi connectivity index (χ4v) is 1.88. The molecule has 15 heavy (non-hydrogen) atoms. The summed E-state index contributed by atoms with van der Waals surface area (Å²) in [5.41, 5.74) is 3.50. The van der Waals surface area contributed by atoms with Crippen LogP contribution in [0, 0.1) is 11.8 Å². The van der Waals surface area contributed by atoms with Gasteiger partial charge in [0.2, 0.25) is 0 Å². The predicted molar refractivity (Wildman–Crippen MR) is 65.1 cm³/mol. The van der Waals surface area contributed by atoms with Crippen LogP contribution in [-0.2, 0) is 0 Å². The molecular formula is C12H27N3. The molecule has 0 atom stereocenters. The van der Waals surface area contributed by atoms with E-state index in [4.69, 9.17) is 0 Å². The molecular weight excluding hydrogens is 186 g/mol. The molecule has 1 heterocycles. The van der Waals surface area contributed by atoms with E-state index in [1.807, 2.05) is 0 Å². The molecule has 0 spiro atoms. The summed E-state index contributed by atoms with van der Waals surface area (Å²) in [4.78, 5) is 0. The van der Waals surface area contributed by atoms with Crippen LogP contribution < -0.4 is 5.53 Å². The van der Waals surface area contributed by atoms with Crippen molar-refractivity contribution in [3.8, 4) is 0 Å². The topological polar surface area (TPSA) is 18.5 Å². The van der Waals surface area contributed by atoms with Gasteiger partial charge in [-0.25, -0.2) is 10.0 Å². The molecule has 0 aromatic heterocycles. The summed E-state index contributed by atoms with van der Waals surface area (Å²) < 4.78 is 0. The molecule has 0 aromatic carbocycles. The van der Waals surface area contributed by atoms with Crippen molar-refractivity contribution < 1.29 is 0 Å². The normalized spacial score (nSPS) is 22.2. The van der Waals surface area contributed by atoms with E-state index in [1.54, 1.807) is 0 Å². The number of nitrogens with zero attached hydrogens (tertiary/aromatic N) is 2. The van der Waals surface area contributed by atoms with Crippen molar-refractivity contribution in [2.45, 2.75) is 53.6 Å². The molecule has 1 rings (SSSR count). The lowest BCUT2D eigenvalue weighted by atomic mass is 9.94. The van der Waals surface area contributed by atoms with Gasteiger partial charge in [0, 0.05) is 25.2 Å². The maximum absolute atomic E-state index is 3.50. The fourth-order valence-electron chi connectivity index (χ4n) is 1.88. The van der Waals surface area contributed by atoms with Crippen molar-refractivity contribution in [1.29, 1.82) is 0 Å². The van der Waals surface area contributed by atoms with Gasteiger partial charge in [-0.15, -0.1) is 0 Å². The van der Waals surface area contributed by atoms with Crippen molar-refractivity contribution in [2.24, 2.45) is 11.8 Å². The fraction of sp³-hybridized carbons (Fsp3) is 1.00. The van der Waals surface area contributed by atoms with Crippen LogP contribution >= 0.6 is 0 Å². The number of rotatable bonds is 3. The quantitative estimate of drug-likeness (QED) is 0.774. The maximum atomic E-state index is 3.50. The Morgan fingerprint density at radius 1 is 0.867 bits per heavy atom. The Kier molecular flexibility index (Phi) is 4.56. The highest BCUT2D eigenvalue weighted by atomic mass is 15.8. The van der Waals surface area contributed by atoms with Crippen molar-refractivity contribution in [3.63, 3.8) is 0 Å². The molecule has 0 saturated carbocycles. The lowest BCUT2D eigenvalue weighted by Gasteiger charge is -2.45. The van der Waals surface area contributed by atoms with Gasteiger partial charge in [-0.05, 0) is 39.5 Å². The molecule has 0 amide bonds. The predicted octanol–water partition coefficient (Wildman–Crippen LogP) is 2.11. The first-order chi connectivity index (χ1) is 6.91. The van der Waals surface area contributed by atoms with Crippen molar-refractivity contribution in [2.75, 3.05) is 13.1 Å². The van der Waals surface area contributed by atoms with E-state index >= 15 is 0 Å². The van der Waals surface area contributed by atoms with E-state index in [9.17, 15) is 0 Å². The van der Waals surface area contributed by atoms with E-state index in [0.717, 1.165) is 11.8 Å². The minimum Gasteiger partial charge on any atom is -0.228 e. The van der Waals surface area contributed by atoms with Gasteiger partial charge in [0.05, 0.1) is 0 Å². The van der Waals surface area contributed by atoms with Crippen LogP contribution in [-0.4, -0.2) is 35.2 Å². The van der Waals surface area contributed by atoms with Crippen molar-refractivity contribution >= 4 is 0 Å². The van der Waals surface area contributed by atoms with Crippen molar-refractivity contribution in [1.82, 2.24) is 15.6 Å². The molecule has 1 saturated heterocycles. The Morgan fingerprint density at radius 3 is 1.53 bits per heavy atom. The Balaban J connectivity index is 2.64. The highest BCUT2D eigenvalue weighted by molar-refractivity contribution is 4.77. The van der Waals surface area contributed by atoms with E-state index in [1.165, 1.54) is 13.1 Å². The van der Waals surface area contributed by atoms with Crippen LogP contribution in [0.1, 0.15) is 41.5 Å². The molecule has 0 aliphatic carbocycles. The summed E-state index contributed by atoms with van der Waals surface area (Å²) in [5.74, 6) is 1.53. The van der Waals surface area contributed by atoms with Gasteiger partial charge in [0.1, 0.15) is 0 Å². The number of hydrazine groups is 2. The van der Waals surface area contributed by atoms with Crippen LogP contribution in [0.4, 0.5) is 0 Å². The third-order valence-electron chi connectivity index (χ3n) is 3.31. The molecule has 3 heteroatoms. The minimum absolute atomic E-state index is 0.563. The van der Waals surface area contributed by atoms with Gasteiger partial charge in [-0.1, -0.05) is 13.8 Å². The first kappa shape index (κ1) is 12.9. The Labute approximate surface area is 94.8 Å². The van der Waals surface area contributed by atoms with Gasteiger partial charge in [0.15, 0.2) is 0 Å². The molecule has 1 N–H and O–H groups in total. The molecule has 0 bridgehead atoms. The Hall–Kier alpha value is -0.120. The highest BCUT2D eigenvalue weighted by Gasteiger charge is 2.29. The third-order valence-corrected chi connectivity index (χ3v) is 3.31. The van der Waals surface area contributed by atoms with Crippen LogP contribution in [0.2, 0.25) is 0 Å². The first-order valence-electron chi connectivity index (χ1n) is 6.21. The summed E-state index contributed by atoms with van der Waals surface area (Å²) in [5, 5.41) is 4.71. The van der Waals surface area contributed by atoms with E-state index < -0.39 is 0 Å². The number of nitrogens with one attached hydrogen (secondary N) is 1. The SMILES string of the molecule is CC(C)C1CN(C(C)C)NN(C(C)C)C1. The zero-order valence-electron chi connectivity index (χ0n) is 11.1. The Morgan fingerprint density at radius 2 is 1.27 bits per heavy atom. The minimum atomic E-state index is 0.563. The zero-order chi connectivity index (χ0) is 11.6. The van der Waals surface area contributed by atoms with Gasteiger partial charge < -0.3 is 0 Å². The molecule has 1 aliphatic heterocycles. The zero-order valence-corrected chi connectivity index (χ0v) is 11.1. The second kappa shape index (κ2) is 5.28. The summed E-state index contributed by atoms with van der Waals surface area (Å²) in [7, 11) is 0. The van der Waals surface area contributed by atoms with Crippen LogP contribution in [0.15, 0.2) is 0 Å². The summed E-state index contributed by atoms with van der Waals surface area (Å²) >= 11 is 0. The highest BCUT2D eigenvalue weighted by Crippen LogP contribution is 2.19. The molecule has 1 fully saturated rings. The van der Waals surface area contributed by atoms with Crippen LogP contribution in [0.5, 0.6) is 0 Å². The lowest BCUT2D eigenvalue weighted by molar-refractivity contribution is -0.0854. The number of hydrogen-bond donors (Lipinski definition) is 1. The van der Waals surface area contributed by atoms with Crippen LogP contribution in [0.25, 0.3) is 0 Å². The lowest BCUT2D eigenvalue weighted by Crippen LogP contribution is -2.63. The van der Waals surface area contributed by atoms with Gasteiger partial charge in [-0.2, -0.15) is 5.53 Å². The second-order valence-electron chi connectivity index (χ2n) is 5.60. The summed E-state index contributed by atoms with van der Waals surface area (Å²) in [6, 6.07) is 1.13. The molecule has 0 unspecified atom stereocenters. The van der Waals surface area contributed by atoms with Crippen molar-refractivity contribution in [3.05, 3.63) is 0 Å². The maximum Gasteiger partial charge on any atom is 0.0200 e. The van der Waals surface area contributed by atoms with Gasteiger partial charge in [-0.3, -0.25) is 0 Å². The first-order valence-corrected chi connectivity index (χ1v) is 6.21. The molecule has 1 aliphatic rings. The van der Waals surface area contributed by atoms with E-state index in [0.29, 0.717) is 12.1 Å². The summed E-state index contributed by atoms with van der Waals surface area (Å²) in [6.45, 7) is 16.0. The number of hydrogen-bond acceptors (Lipinski definition) is 3. The molecule has 0 aromatic rings. The van der Waals surface area contributed by atoms with Gasteiger partial charge >= 0.3 is 0 Å². The van der Waals surface area contributed by atoms with E-state index in [-0.39, 0.29) is 0 Å². The average molecular weight is 213 g/mol. The third kappa shape index (κ3) is 3.44. The van der Waals surface area contributed by atoms with Crippen LogP contribution in [0.3, 0.4) is 0 Å². The standard InChI is InChI=1S/C12H27N3/c1-9(2)12-7-14(10(3)4)13-15(8-12)11(5)6/h9-13H,7-8H2,1-6H3. The summed E-state index contributed by atoms with van der Waals surface area (Å²) in [6.07, 6.45) is 0. The largest absolute Gasteiger partial charge is 0.228 e. The average Bonchev–Trinajstić information content (AvgIpc) is 2.16. The van der Waals surface area contributed by atoms with Gasteiger partial charge in [0.25, 0.3) is 0 Å². The Bertz CT molecular complexity index is 150. The molecule has 90 valence electrons. The molecule has 0 radical (unpaired) electrons. The second-order valence-corrected chi connectivity index (χ2v) is 5.60. The smallest absolute Gasteiger partial charge is 0.0200 e. The van der Waals surface area contributed by atoms with E-state index in [2.05, 4.69) is 57.1 Å². The monoisotopic (exact) mass is 213 g/mol. The molecule has 3 nitrogen and oxygen atoms in total.